The smallest absolute Gasteiger partial charge is 0.132 e. The van der Waals surface area contributed by atoms with Crippen LogP contribution in [-0.4, -0.2) is 6.21 Å². The SMILES string of the molecule is CCc1ccc(C=NNc2ccccc2)c(F)c1. The second-order valence-electron chi connectivity index (χ2n) is 3.95. The van der Waals surface area contributed by atoms with Crippen LogP contribution in [0.1, 0.15) is 18.1 Å². The number of anilines is 1. The van der Waals surface area contributed by atoms with Crippen LogP contribution in [0.3, 0.4) is 0 Å². The van der Waals surface area contributed by atoms with Crippen LogP contribution in [0.4, 0.5) is 10.1 Å². The van der Waals surface area contributed by atoms with Crippen LogP contribution in [0.2, 0.25) is 0 Å². The highest BCUT2D eigenvalue weighted by Gasteiger charge is 1.99. The van der Waals surface area contributed by atoms with E-state index in [2.05, 4.69) is 10.5 Å². The van der Waals surface area contributed by atoms with Crippen molar-refractivity contribution in [3.63, 3.8) is 0 Å². The van der Waals surface area contributed by atoms with E-state index < -0.39 is 0 Å². The fourth-order valence-electron chi connectivity index (χ4n) is 1.58. The molecule has 0 amide bonds. The van der Waals surface area contributed by atoms with E-state index in [1.807, 2.05) is 43.3 Å². The number of hydrazone groups is 1. The summed E-state index contributed by atoms with van der Waals surface area (Å²) < 4.78 is 13.6. The van der Waals surface area contributed by atoms with Gasteiger partial charge in [-0.3, -0.25) is 5.43 Å². The van der Waals surface area contributed by atoms with Crippen molar-refractivity contribution in [2.75, 3.05) is 5.43 Å². The highest BCUT2D eigenvalue weighted by Crippen LogP contribution is 2.10. The summed E-state index contributed by atoms with van der Waals surface area (Å²) in [5, 5.41) is 4.01. The minimum absolute atomic E-state index is 0.243. The van der Waals surface area contributed by atoms with Gasteiger partial charge < -0.3 is 0 Å². The summed E-state index contributed by atoms with van der Waals surface area (Å²) in [6.07, 6.45) is 2.32. The topological polar surface area (TPSA) is 24.4 Å². The highest BCUT2D eigenvalue weighted by atomic mass is 19.1. The zero-order valence-electron chi connectivity index (χ0n) is 10.2. The zero-order valence-corrected chi connectivity index (χ0v) is 10.2. The Morgan fingerprint density at radius 1 is 1.17 bits per heavy atom. The quantitative estimate of drug-likeness (QED) is 0.639. The van der Waals surface area contributed by atoms with Gasteiger partial charge in [-0.05, 0) is 30.2 Å². The number of rotatable bonds is 4. The lowest BCUT2D eigenvalue weighted by Crippen LogP contribution is -1.94. The molecule has 0 saturated carbocycles. The van der Waals surface area contributed by atoms with Crippen LogP contribution in [0.15, 0.2) is 53.6 Å². The van der Waals surface area contributed by atoms with E-state index in [1.54, 1.807) is 12.1 Å². The molecule has 0 bridgehead atoms. The molecule has 0 radical (unpaired) electrons. The van der Waals surface area contributed by atoms with Crippen molar-refractivity contribution in [1.29, 1.82) is 0 Å². The normalized spacial score (nSPS) is 10.8. The molecule has 0 atom stereocenters. The average Bonchev–Trinajstić information content (AvgIpc) is 2.42. The second-order valence-corrected chi connectivity index (χ2v) is 3.95. The number of nitrogens with zero attached hydrogens (tertiary/aromatic N) is 1. The third-order valence-electron chi connectivity index (χ3n) is 2.64. The number of halogens is 1. The Labute approximate surface area is 106 Å². The maximum atomic E-state index is 13.6. The summed E-state index contributed by atoms with van der Waals surface area (Å²) in [5.41, 5.74) is 5.19. The van der Waals surface area contributed by atoms with Gasteiger partial charge in [-0.1, -0.05) is 37.3 Å². The van der Waals surface area contributed by atoms with Gasteiger partial charge in [0.2, 0.25) is 0 Å². The summed E-state index contributed by atoms with van der Waals surface area (Å²) in [6, 6.07) is 14.7. The Balaban J connectivity index is 2.05. The van der Waals surface area contributed by atoms with Gasteiger partial charge in [-0.2, -0.15) is 5.10 Å². The fourth-order valence-corrected chi connectivity index (χ4v) is 1.58. The summed E-state index contributed by atoms with van der Waals surface area (Å²) in [7, 11) is 0. The third-order valence-corrected chi connectivity index (χ3v) is 2.64. The van der Waals surface area contributed by atoms with E-state index in [4.69, 9.17) is 0 Å². The first-order valence-corrected chi connectivity index (χ1v) is 5.92. The zero-order chi connectivity index (χ0) is 12.8. The van der Waals surface area contributed by atoms with Crippen LogP contribution in [-0.2, 0) is 6.42 Å². The van der Waals surface area contributed by atoms with E-state index in [9.17, 15) is 4.39 Å². The van der Waals surface area contributed by atoms with Crippen molar-refractivity contribution in [1.82, 2.24) is 0 Å². The van der Waals surface area contributed by atoms with E-state index in [1.165, 1.54) is 6.21 Å². The molecule has 2 nitrogen and oxygen atoms in total. The molecule has 3 heteroatoms. The molecular weight excluding hydrogens is 227 g/mol. The molecule has 0 aliphatic carbocycles. The number of para-hydroxylation sites is 1. The Morgan fingerprint density at radius 3 is 2.61 bits per heavy atom. The molecule has 0 heterocycles. The average molecular weight is 242 g/mol. The number of hydrogen-bond donors (Lipinski definition) is 1. The molecule has 2 aromatic rings. The Hall–Kier alpha value is -2.16. The van der Waals surface area contributed by atoms with Gasteiger partial charge in [0.1, 0.15) is 5.82 Å². The van der Waals surface area contributed by atoms with E-state index in [-0.39, 0.29) is 5.82 Å². The first-order chi connectivity index (χ1) is 8.79. The lowest BCUT2D eigenvalue weighted by atomic mass is 10.1. The number of hydrogen-bond acceptors (Lipinski definition) is 2. The predicted octanol–water partition coefficient (Wildman–Crippen LogP) is 3.83. The summed E-state index contributed by atoms with van der Waals surface area (Å²) in [5.74, 6) is -0.243. The molecule has 18 heavy (non-hydrogen) atoms. The Morgan fingerprint density at radius 2 is 1.94 bits per heavy atom. The highest BCUT2D eigenvalue weighted by molar-refractivity contribution is 5.80. The van der Waals surface area contributed by atoms with Crippen molar-refractivity contribution < 1.29 is 4.39 Å². The van der Waals surface area contributed by atoms with Gasteiger partial charge in [0.25, 0.3) is 0 Å². The maximum Gasteiger partial charge on any atom is 0.132 e. The number of benzene rings is 2. The molecule has 1 N–H and O–H groups in total. The minimum atomic E-state index is -0.243. The molecule has 0 aliphatic heterocycles. The molecule has 2 rings (SSSR count). The summed E-state index contributed by atoms with van der Waals surface area (Å²) in [4.78, 5) is 0. The maximum absolute atomic E-state index is 13.6. The lowest BCUT2D eigenvalue weighted by Gasteiger charge is -2.01. The van der Waals surface area contributed by atoms with Gasteiger partial charge in [0.15, 0.2) is 0 Å². The standard InChI is InChI=1S/C15H15FN2/c1-2-12-8-9-13(15(16)10-12)11-17-18-14-6-4-3-5-7-14/h3-11,18H,2H2,1H3. The van der Waals surface area contributed by atoms with Gasteiger partial charge >= 0.3 is 0 Å². The van der Waals surface area contributed by atoms with Crippen LogP contribution in [0, 0.1) is 5.82 Å². The van der Waals surface area contributed by atoms with Crippen LogP contribution in [0.5, 0.6) is 0 Å². The van der Waals surface area contributed by atoms with Gasteiger partial charge in [0.05, 0.1) is 11.9 Å². The van der Waals surface area contributed by atoms with Crippen LogP contribution in [0.25, 0.3) is 0 Å². The Bertz CT molecular complexity index is 535. The molecule has 0 unspecified atom stereocenters. The fraction of sp³-hybridized carbons (Fsp3) is 0.133. The molecule has 2 aromatic carbocycles. The van der Waals surface area contributed by atoms with Gasteiger partial charge in [-0.25, -0.2) is 4.39 Å². The molecule has 0 spiro atoms. The van der Waals surface area contributed by atoms with E-state index in [0.29, 0.717) is 5.56 Å². The summed E-state index contributed by atoms with van der Waals surface area (Å²) in [6.45, 7) is 2.00. The molecule has 92 valence electrons. The molecule has 0 fully saturated rings. The lowest BCUT2D eigenvalue weighted by molar-refractivity contribution is 0.624. The van der Waals surface area contributed by atoms with E-state index in [0.717, 1.165) is 17.7 Å². The predicted molar refractivity (Wildman–Crippen MR) is 73.4 cm³/mol. The number of nitrogens with one attached hydrogen (secondary N) is 1. The molecular formula is C15H15FN2. The molecule has 0 saturated heterocycles. The van der Waals surface area contributed by atoms with Crippen LogP contribution < -0.4 is 5.43 Å². The van der Waals surface area contributed by atoms with Crippen molar-refractivity contribution in [2.45, 2.75) is 13.3 Å². The van der Waals surface area contributed by atoms with Crippen molar-refractivity contribution >= 4 is 11.9 Å². The van der Waals surface area contributed by atoms with Gasteiger partial charge in [0, 0.05) is 5.56 Å². The van der Waals surface area contributed by atoms with Crippen molar-refractivity contribution in [2.24, 2.45) is 5.10 Å². The van der Waals surface area contributed by atoms with Crippen molar-refractivity contribution in [3.8, 4) is 0 Å². The van der Waals surface area contributed by atoms with Crippen molar-refractivity contribution in [3.05, 3.63) is 65.5 Å². The summed E-state index contributed by atoms with van der Waals surface area (Å²) >= 11 is 0. The number of aryl methyl sites for hydroxylation is 1. The van der Waals surface area contributed by atoms with Gasteiger partial charge in [-0.15, -0.1) is 0 Å². The second kappa shape index (κ2) is 5.96. The first kappa shape index (κ1) is 12.3. The molecule has 0 aliphatic rings. The van der Waals surface area contributed by atoms with Crippen LogP contribution >= 0.6 is 0 Å². The third kappa shape index (κ3) is 3.17. The minimum Gasteiger partial charge on any atom is -0.279 e. The molecule has 0 aromatic heterocycles. The van der Waals surface area contributed by atoms with E-state index >= 15 is 0 Å². The largest absolute Gasteiger partial charge is 0.279 e. The first-order valence-electron chi connectivity index (χ1n) is 5.92. The Kier molecular flexibility index (Phi) is 4.07. The monoisotopic (exact) mass is 242 g/mol.